The van der Waals surface area contributed by atoms with E-state index in [0.717, 1.165) is 51.2 Å². The Morgan fingerprint density at radius 1 is 0.895 bits per heavy atom. The number of nitrogens with zero attached hydrogens (tertiary/aromatic N) is 2. The van der Waals surface area contributed by atoms with E-state index in [4.69, 9.17) is 4.74 Å². The van der Waals surface area contributed by atoms with Crippen molar-refractivity contribution in [3.8, 4) is 0 Å². The van der Waals surface area contributed by atoms with Gasteiger partial charge >= 0.3 is 6.18 Å². The molecule has 12 heteroatoms. The summed E-state index contributed by atoms with van der Waals surface area (Å²) in [5.74, 6) is 1.93. The van der Waals surface area contributed by atoms with Crippen LogP contribution in [0, 0.1) is 23.7 Å². The average Bonchev–Trinajstić information content (AvgIpc) is 3.60. The van der Waals surface area contributed by atoms with Gasteiger partial charge in [-0.2, -0.15) is 13.2 Å². The maximum absolute atomic E-state index is 13.3. The van der Waals surface area contributed by atoms with Crippen molar-refractivity contribution in [2.45, 2.75) is 99.9 Å². The van der Waals surface area contributed by atoms with Crippen molar-refractivity contribution in [1.29, 1.82) is 0 Å². The molecule has 9 atom stereocenters. The van der Waals surface area contributed by atoms with E-state index in [1.54, 1.807) is 7.11 Å². The molecule has 0 aromatic heterocycles. The third-order valence-corrected chi connectivity index (χ3v) is 10.4. The van der Waals surface area contributed by atoms with Gasteiger partial charge in [-0.1, -0.05) is 12.8 Å². The maximum Gasteiger partial charge on any atom is 0.405 e. The van der Waals surface area contributed by atoms with Gasteiger partial charge in [0, 0.05) is 58.0 Å². The summed E-state index contributed by atoms with van der Waals surface area (Å²) in [5, 5.41) is 20.2. The van der Waals surface area contributed by atoms with Crippen LogP contribution >= 0.6 is 0 Å². The first-order valence-electron chi connectivity index (χ1n) is 14.7. The van der Waals surface area contributed by atoms with Crippen LogP contribution in [0.4, 0.5) is 13.2 Å². The van der Waals surface area contributed by atoms with Crippen molar-refractivity contribution in [1.82, 2.24) is 41.9 Å². The van der Waals surface area contributed by atoms with Crippen molar-refractivity contribution in [2.75, 3.05) is 41.0 Å². The van der Waals surface area contributed by atoms with Crippen molar-refractivity contribution in [2.24, 2.45) is 23.7 Å². The summed E-state index contributed by atoms with van der Waals surface area (Å²) < 4.78 is 45.7. The average molecular weight is 545 g/mol. The van der Waals surface area contributed by atoms with Gasteiger partial charge in [-0.15, -0.1) is 0 Å². The van der Waals surface area contributed by atoms with Crippen LogP contribution in [0.25, 0.3) is 0 Å². The number of hydrazine groups is 1. The molecule has 9 unspecified atom stereocenters. The molecule has 2 saturated carbocycles. The largest absolute Gasteiger partial charge is 0.405 e. The fourth-order valence-corrected chi connectivity index (χ4v) is 8.28. The number of alkyl halides is 3. The Balaban J connectivity index is 1.06. The molecule has 6 fully saturated rings. The summed E-state index contributed by atoms with van der Waals surface area (Å²) >= 11 is 0. The molecule has 38 heavy (non-hydrogen) atoms. The number of rotatable bonds is 6. The van der Waals surface area contributed by atoms with Gasteiger partial charge in [0.25, 0.3) is 0 Å². The number of hydrogen-bond acceptors (Lipinski definition) is 9. The molecule has 0 spiro atoms. The van der Waals surface area contributed by atoms with Crippen LogP contribution in [0.3, 0.4) is 0 Å². The number of methoxy groups -OCH3 is 1. The highest BCUT2D eigenvalue weighted by molar-refractivity contribution is 5.08. The zero-order valence-electron chi connectivity index (χ0n) is 22.9. The molecule has 6 aliphatic rings. The second-order valence-corrected chi connectivity index (χ2v) is 12.8. The smallest absolute Gasteiger partial charge is 0.366 e. The normalized spacial score (nSPS) is 47.4. The van der Waals surface area contributed by atoms with E-state index in [1.165, 1.54) is 12.8 Å². The third kappa shape index (κ3) is 5.49. The Morgan fingerprint density at radius 2 is 1.63 bits per heavy atom. The Labute approximate surface area is 224 Å². The standard InChI is InChI=1S/C26H47F3N8O/c1-36-12-19(26(27,28)29)33-24(36)16-6-4-14(5-7-16)10-18-22-17(35-37(18)2)11-30-23(34-22)20-21(15-8-9-15)31-13-32-25(20)38-3/h14-25,30-35H,4-13H2,1-3H3. The number of hydrogen-bond donors (Lipinski definition) is 6. The van der Waals surface area contributed by atoms with Gasteiger partial charge in [-0.3, -0.25) is 26.2 Å². The second kappa shape index (κ2) is 11.0. The molecule has 4 aliphatic heterocycles. The zero-order valence-corrected chi connectivity index (χ0v) is 22.9. The van der Waals surface area contributed by atoms with E-state index in [2.05, 4.69) is 44.1 Å². The molecule has 9 nitrogen and oxygen atoms in total. The molecular formula is C26H47F3N8O. The molecule has 4 saturated heterocycles. The Bertz CT molecular complexity index is 810. The Hall–Kier alpha value is -0.570. The van der Waals surface area contributed by atoms with Gasteiger partial charge < -0.3 is 10.1 Å². The highest BCUT2D eigenvalue weighted by atomic mass is 19.4. The summed E-state index contributed by atoms with van der Waals surface area (Å²) in [4.78, 5) is 1.87. The Kier molecular flexibility index (Phi) is 8.00. The number of likely N-dealkylation sites (N-methyl/N-ethyl adjacent to an activating group) is 2. The third-order valence-electron chi connectivity index (χ3n) is 10.4. The lowest BCUT2D eigenvalue weighted by Gasteiger charge is -2.47. The molecule has 0 aromatic carbocycles. The van der Waals surface area contributed by atoms with E-state index in [9.17, 15) is 13.2 Å². The molecule has 0 amide bonds. The minimum Gasteiger partial charge on any atom is -0.366 e. The van der Waals surface area contributed by atoms with Gasteiger partial charge in [0.15, 0.2) is 0 Å². The van der Waals surface area contributed by atoms with Crippen LogP contribution in [-0.4, -0.2) is 106 Å². The van der Waals surface area contributed by atoms with Crippen molar-refractivity contribution < 1.29 is 17.9 Å². The lowest BCUT2D eigenvalue weighted by atomic mass is 9.76. The van der Waals surface area contributed by atoms with Crippen LogP contribution in [0.5, 0.6) is 0 Å². The predicted octanol–water partition coefficient (Wildman–Crippen LogP) is 0.567. The SMILES string of the molecule is COC1NCNC(C2CC2)C1C1NCC2NN(C)C(CC3CCC(C4NC(C(F)(F)F)CN4C)CC3)C2N1. The molecule has 0 bridgehead atoms. The molecule has 2 aliphatic carbocycles. The second-order valence-electron chi connectivity index (χ2n) is 12.8. The first-order valence-corrected chi connectivity index (χ1v) is 14.7. The predicted molar refractivity (Wildman–Crippen MR) is 139 cm³/mol. The summed E-state index contributed by atoms with van der Waals surface area (Å²) in [6.07, 6.45) is 3.69. The van der Waals surface area contributed by atoms with Gasteiger partial charge in [-0.05, 0) is 56.9 Å². The lowest BCUT2D eigenvalue weighted by molar-refractivity contribution is -0.150. The highest BCUT2D eigenvalue weighted by Gasteiger charge is 2.52. The van der Waals surface area contributed by atoms with Gasteiger partial charge in [0.1, 0.15) is 12.3 Å². The summed E-state index contributed by atoms with van der Waals surface area (Å²) in [6.45, 7) is 1.75. The van der Waals surface area contributed by atoms with Gasteiger partial charge in [-0.25, -0.2) is 10.4 Å². The Morgan fingerprint density at radius 3 is 2.29 bits per heavy atom. The summed E-state index contributed by atoms with van der Waals surface area (Å²) in [6, 6.07) is 0.119. The van der Waals surface area contributed by atoms with Crippen molar-refractivity contribution in [3.63, 3.8) is 0 Å². The van der Waals surface area contributed by atoms with Gasteiger partial charge in [0.05, 0.1) is 18.4 Å². The van der Waals surface area contributed by atoms with Crippen LogP contribution in [0.1, 0.15) is 44.9 Å². The van der Waals surface area contributed by atoms with E-state index < -0.39 is 12.2 Å². The fourth-order valence-electron chi connectivity index (χ4n) is 8.28. The van der Waals surface area contributed by atoms with Crippen molar-refractivity contribution >= 4 is 0 Å². The molecule has 0 aromatic rings. The number of halogens is 3. The zero-order chi connectivity index (χ0) is 26.6. The first-order chi connectivity index (χ1) is 18.2. The van der Waals surface area contributed by atoms with E-state index >= 15 is 0 Å². The summed E-state index contributed by atoms with van der Waals surface area (Å²) in [7, 11) is 5.79. The topological polar surface area (TPSA) is 87.9 Å². The molecular weight excluding hydrogens is 497 g/mol. The molecule has 6 rings (SSSR count). The van der Waals surface area contributed by atoms with Crippen LogP contribution < -0.4 is 32.0 Å². The van der Waals surface area contributed by atoms with Crippen LogP contribution in [-0.2, 0) is 4.74 Å². The number of fused-ring (bicyclic) bond motifs is 1. The number of ether oxygens (including phenoxy) is 1. The minimum atomic E-state index is -4.18. The fraction of sp³-hybridized carbons (Fsp3) is 1.00. The van der Waals surface area contributed by atoms with Crippen LogP contribution in [0.2, 0.25) is 0 Å². The van der Waals surface area contributed by atoms with Crippen molar-refractivity contribution in [3.05, 3.63) is 0 Å². The van der Waals surface area contributed by atoms with E-state index in [0.29, 0.717) is 36.0 Å². The quantitative estimate of drug-likeness (QED) is 0.287. The molecule has 218 valence electrons. The monoisotopic (exact) mass is 544 g/mol. The molecule has 4 heterocycles. The maximum atomic E-state index is 13.3. The minimum absolute atomic E-state index is 0.0171. The van der Waals surface area contributed by atoms with Gasteiger partial charge in [0.2, 0.25) is 0 Å². The number of nitrogens with one attached hydrogen (secondary N) is 6. The highest BCUT2D eigenvalue weighted by Crippen LogP contribution is 2.41. The summed E-state index contributed by atoms with van der Waals surface area (Å²) in [5.41, 5.74) is 3.69. The van der Waals surface area contributed by atoms with Crippen LogP contribution in [0.15, 0.2) is 0 Å². The molecule has 6 N–H and O–H groups in total. The first kappa shape index (κ1) is 27.6. The van der Waals surface area contributed by atoms with E-state index in [-0.39, 0.29) is 31.0 Å². The molecule has 0 radical (unpaired) electrons. The lowest BCUT2D eigenvalue weighted by Crippen LogP contribution is -2.72. The van der Waals surface area contributed by atoms with E-state index in [1.807, 2.05) is 11.9 Å².